The number of rotatable bonds is 6. The van der Waals surface area contributed by atoms with Gasteiger partial charge in [0.2, 0.25) is 0 Å². The molecular weight excluding hydrogens is 1270 g/mol. The Morgan fingerprint density at radius 3 is 0.769 bits per heavy atom. The van der Waals surface area contributed by atoms with Gasteiger partial charge >= 0.3 is 0 Å². The van der Waals surface area contributed by atoms with E-state index in [1.54, 1.807) is 60.7 Å². The predicted molar refractivity (Wildman–Crippen MR) is 424 cm³/mol. The number of nitrogens with zero attached hydrogens (tertiary/aromatic N) is 8. The van der Waals surface area contributed by atoms with E-state index in [1.807, 2.05) is 146 Å². The number of hydrogen-bond acceptors (Lipinski definition) is 6. The summed E-state index contributed by atoms with van der Waals surface area (Å²) in [7, 11) is 0. The molecule has 0 aromatic heterocycles. The van der Waals surface area contributed by atoms with E-state index in [-0.39, 0.29) is 14.9 Å². The Bertz CT molecular complexity index is 6060. The normalized spacial score (nSPS) is 10.2. The van der Waals surface area contributed by atoms with Crippen LogP contribution in [0.5, 0.6) is 0 Å². The molecule has 16 aromatic rings. The molecule has 0 aliphatic rings. The van der Waals surface area contributed by atoms with Crippen LogP contribution in [0.25, 0.3) is 74.3 Å². The van der Waals surface area contributed by atoms with Gasteiger partial charge in [0.1, 0.15) is 0 Å². The highest BCUT2D eigenvalue weighted by Gasteiger charge is 2.21. The molecule has 0 saturated carbocycles. The molecule has 104 heavy (non-hydrogen) atoms. The maximum atomic E-state index is 10.4. The Kier molecular flexibility index (Phi) is 19.1. The third-order valence-electron chi connectivity index (χ3n) is 17.9. The summed E-state index contributed by atoms with van der Waals surface area (Å²) < 4.78 is 0. The molecule has 16 aromatic carbocycles. The fourth-order valence-electron chi connectivity index (χ4n) is 13.1. The SMILES string of the molecule is C.C.[C-]#[N+]c1cc(C#Cc2ccc(N(c3ccccc3)c3ccccc3)cc2)c2ccc3c(C#Cc4ccc(N(c5ccccc5)c5ccccc5)cc4)cc(C#N)c4ccc1c2c34.[C-]#[N+]c1ccc(C#Cc2cc(C#N)c3ccc4c(C#N)cc(C#Cc5ccc(C#N)cc5)c5ccc2c3c45)cc1. The second-order valence-corrected chi connectivity index (χ2v) is 23.9. The monoisotopic (exact) mass is 1320 g/mol. The van der Waals surface area contributed by atoms with Gasteiger partial charge in [-0.3, -0.25) is 0 Å². The number of hydrogen-bond donors (Lipinski definition) is 0. The summed E-state index contributed by atoms with van der Waals surface area (Å²) in [5.41, 5.74) is 15.6. The zero-order valence-corrected chi connectivity index (χ0v) is 54.3. The molecule has 8 nitrogen and oxygen atoms in total. The summed E-state index contributed by atoms with van der Waals surface area (Å²) in [5, 5.41) is 50.0. The molecule has 0 bridgehead atoms. The smallest absolute Gasteiger partial charge is 0.196 e. The summed E-state index contributed by atoms with van der Waals surface area (Å²) in [6.07, 6.45) is 0. The van der Waals surface area contributed by atoms with Gasteiger partial charge in [0.05, 0.1) is 59.7 Å². The van der Waals surface area contributed by atoms with Crippen LogP contribution < -0.4 is 9.80 Å². The van der Waals surface area contributed by atoms with Crippen LogP contribution in [0, 0.1) is 106 Å². The Morgan fingerprint density at radius 1 is 0.231 bits per heavy atom. The highest BCUT2D eigenvalue weighted by Crippen LogP contribution is 2.44. The number of para-hydroxylation sites is 4. The van der Waals surface area contributed by atoms with Crippen LogP contribution in [0.3, 0.4) is 0 Å². The molecule has 16 rings (SSSR count). The summed E-state index contributed by atoms with van der Waals surface area (Å²) in [6, 6.07) is 104. The lowest BCUT2D eigenvalue weighted by atomic mass is 9.86. The minimum Gasteiger partial charge on any atom is -0.311 e. The van der Waals surface area contributed by atoms with Crippen molar-refractivity contribution in [1.29, 1.82) is 21.0 Å². The van der Waals surface area contributed by atoms with Crippen molar-refractivity contribution in [3.63, 3.8) is 0 Å². The van der Waals surface area contributed by atoms with Gasteiger partial charge in [-0.1, -0.05) is 208 Å². The molecule has 0 amide bonds. The minimum absolute atomic E-state index is 0. The fraction of sp³-hybridized carbons (Fsp3) is 0.0208. The third-order valence-corrected chi connectivity index (χ3v) is 17.9. The van der Waals surface area contributed by atoms with Gasteiger partial charge in [-0.05, 0) is 194 Å². The zero-order chi connectivity index (χ0) is 69.5. The molecule has 0 heterocycles. The fourth-order valence-corrected chi connectivity index (χ4v) is 13.1. The zero-order valence-electron chi connectivity index (χ0n) is 54.3. The Balaban J connectivity index is 0.000000198. The standard InChI is InChI=1S/C58H34N4.C36H14N4.2CH4/c1-60-56-39-44(29-23-42-26-32-51(33-27-42)62(48-18-10-4-11-19-48)49-20-12-5-13-21-49)53-35-34-52-43(38-45(40-59)54-36-37-55(56)58(53)57(52)54)28-22-41-24-30-50(31-25-41)61(46-14-6-2-7-15-46)47-16-8-3-9-17-47;1-40-30-12-8-24(9-13-30)7-11-27-19-29(22-39)34-17-16-33-28(21-38)18-26(31-14-15-32(27)36(34)35(31)33)10-6-23-2-4-25(20-37)5-3-23;;/h2-21,24-27,30-39H;2-5,8-9,12-19H;2*1H4. The van der Waals surface area contributed by atoms with Crippen molar-refractivity contribution in [2.75, 3.05) is 9.80 Å². The van der Waals surface area contributed by atoms with Crippen molar-refractivity contribution in [3.05, 3.63) is 381 Å². The van der Waals surface area contributed by atoms with Gasteiger partial charge in [0.25, 0.3) is 0 Å². The van der Waals surface area contributed by atoms with Crippen LogP contribution in [0.15, 0.2) is 291 Å². The molecule has 0 N–H and O–H groups in total. The topological polar surface area (TPSA) is 110 Å². The van der Waals surface area contributed by atoms with Crippen LogP contribution in [0.1, 0.15) is 81.6 Å². The maximum absolute atomic E-state index is 10.4. The van der Waals surface area contributed by atoms with Gasteiger partial charge in [-0.2, -0.15) is 21.0 Å². The average molecular weight is 1320 g/mol. The van der Waals surface area contributed by atoms with Gasteiger partial charge in [-0.15, -0.1) is 0 Å². The van der Waals surface area contributed by atoms with Crippen molar-refractivity contribution in [2.24, 2.45) is 0 Å². The second kappa shape index (κ2) is 29.6. The molecule has 0 spiro atoms. The van der Waals surface area contributed by atoms with Crippen molar-refractivity contribution in [3.8, 4) is 71.6 Å². The van der Waals surface area contributed by atoms with E-state index in [9.17, 15) is 15.8 Å². The lowest BCUT2D eigenvalue weighted by Crippen LogP contribution is -2.09. The van der Waals surface area contributed by atoms with Crippen LogP contribution in [-0.4, -0.2) is 0 Å². The van der Waals surface area contributed by atoms with E-state index in [2.05, 4.69) is 176 Å². The first-order valence-electron chi connectivity index (χ1n) is 32.5. The van der Waals surface area contributed by atoms with E-state index < -0.39 is 0 Å². The van der Waals surface area contributed by atoms with Gasteiger partial charge in [-0.25, -0.2) is 9.69 Å². The summed E-state index contributed by atoms with van der Waals surface area (Å²) in [6.45, 7) is 15.3. The van der Waals surface area contributed by atoms with E-state index in [4.69, 9.17) is 18.4 Å². The van der Waals surface area contributed by atoms with Crippen LogP contribution in [0.2, 0.25) is 0 Å². The lowest BCUT2D eigenvalue weighted by Gasteiger charge is -2.25. The van der Waals surface area contributed by atoms with E-state index in [0.717, 1.165) is 132 Å². The second-order valence-electron chi connectivity index (χ2n) is 23.9. The van der Waals surface area contributed by atoms with E-state index in [0.29, 0.717) is 44.8 Å². The molecule has 0 fully saturated rings. The lowest BCUT2D eigenvalue weighted by molar-refractivity contribution is 1.28. The van der Waals surface area contributed by atoms with Crippen LogP contribution in [0.4, 0.5) is 45.5 Å². The van der Waals surface area contributed by atoms with Crippen molar-refractivity contribution >= 4 is 110 Å². The van der Waals surface area contributed by atoms with Crippen LogP contribution in [-0.2, 0) is 0 Å². The molecule has 0 aliphatic heterocycles. The quantitative estimate of drug-likeness (QED) is 0.0932. The number of anilines is 6. The third kappa shape index (κ3) is 13.0. The minimum atomic E-state index is 0. The number of nitriles is 4. The van der Waals surface area contributed by atoms with Crippen molar-refractivity contribution in [2.45, 2.75) is 14.9 Å². The van der Waals surface area contributed by atoms with Crippen LogP contribution >= 0.6 is 0 Å². The van der Waals surface area contributed by atoms with Gasteiger partial charge < -0.3 is 9.80 Å². The van der Waals surface area contributed by atoms with E-state index in [1.165, 1.54) is 0 Å². The highest BCUT2D eigenvalue weighted by atomic mass is 15.1. The Labute approximate surface area is 604 Å². The molecule has 0 aliphatic carbocycles. The average Bonchev–Trinajstić information content (AvgIpc) is 0.726. The highest BCUT2D eigenvalue weighted by molar-refractivity contribution is 6.29. The largest absolute Gasteiger partial charge is 0.311 e. The molecular formula is C96H56N8. The summed E-state index contributed by atoms with van der Waals surface area (Å²) >= 11 is 0. The Hall–Kier alpha value is -15.6. The van der Waals surface area contributed by atoms with Gasteiger partial charge in [0.15, 0.2) is 11.4 Å². The molecule has 0 unspecified atom stereocenters. The first-order valence-corrected chi connectivity index (χ1v) is 32.5. The molecule has 0 atom stereocenters. The molecule has 0 saturated heterocycles. The van der Waals surface area contributed by atoms with E-state index >= 15 is 0 Å². The summed E-state index contributed by atoms with van der Waals surface area (Å²) in [5.74, 6) is 26.4. The molecule has 8 heteroatoms. The predicted octanol–water partition coefficient (Wildman–Crippen LogP) is 23.6. The maximum Gasteiger partial charge on any atom is 0.196 e. The van der Waals surface area contributed by atoms with Crippen molar-refractivity contribution in [1.82, 2.24) is 0 Å². The Morgan fingerprint density at radius 2 is 0.481 bits per heavy atom. The summed E-state index contributed by atoms with van der Waals surface area (Å²) in [4.78, 5) is 11.8. The molecule has 480 valence electrons. The number of benzene rings is 16. The van der Waals surface area contributed by atoms with Gasteiger partial charge in [0, 0.05) is 94.8 Å². The first-order chi connectivity index (χ1) is 50.3. The first kappa shape index (κ1) is 67.0. The molecule has 0 radical (unpaired) electrons. The van der Waals surface area contributed by atoms with Crippen molar-refractivity contribution < 1.29 is 0 Å².